The summed E-state index contributed by atoms with van der Waals surface area (Å²) in [5, 5.41) is 0.215. The molecule has 0 aliphatic rings. The fraction of sp³-hybridized carbons (Fsp3) is 0.108. The van der Waals surface area contributed by atoms with Crippen LogP contribution in [0.5, 0.6) is 0 Å². The summed E-state index contributed by atoms with van der Waals surface area (Å²) >= 11 is 0. The van der Waals surface area contributed by atoms with E-state index in [0.717, 1.165) is 42.0 Å². The monoisotopic (exact) mass is 1400 g/mol. The molecule has 99 heavy (non-hydrogen) atoms. The Hall–Kier alpha value is -10.5. The van der Waals surface area contributed by atoms with Crippen LogP contribution in [0.15, 0.2) is 224 Å². The van der Waals surface area contributed by atoms with Gasteiger partial charge in [0, 0.05) is 16.3 Å². The number of fused-ring (bicyclic) bond motifs is 3. The van der Waals surface area contributed by atoms with E-state index >= 15 is 0 Å². The number of aromatic nitrogens is 1. The maximum atomic E-state index is 14.5. The van der Waals surface area contributed by atoms with Crippen LogP contribution >= 0.6 is 0 Å². The number of hydrogen-bond acceptors (Lipinski definition) is 0. The molecule has 0 N–H and O–H groups in total. The van der Waals surface area contributed by atoms with Gasteiger partial charge in [0.05, 0.1) is 61.2 Å². The Morgan fingerprint density at radius 3 is 0.687 bits per heavy atom. The first kappa shape index (κ1) is 68.5. The van der Waals surface area contributed by atoms with Gasteiger partial charge in [-0.3, -0.25) is 0 Å². The van der Waals surface area contributed by atoms with E-state index < -0.39 is 138 Å². The Morgan fingerprint density at radius 2 is 0.404 bits per heavy atom. The number of halogens is 24. The largest absolute Gasteiger partial charge is 0.416 e. The van der Waals surface area contributed by atoms with Crippen LogP contribution in [0.25, 0.3) is 117 Å². The quantitative estimate of drug-likeness (QED) is 0.127. The standard InChI is InChI=1S/C74H37F24N/c75-67(76,77)51-24-47(25-52(34-51)68(78,79)80)43-18-41(19-44(22-43)48-26-53(69(81,82)83)35-54(27-48)70(84,85)86)39-14-16-65-62(32-39)63-33-40(15-17-66(63)99(65)64-13-7-6-12-61(64)60-11-5-4-10-59(60)38-8-2-1-3-9-38)42-20-45(49-28-55(71(87,88)89)36-56(29-49)72(90,91)92)23-46(21-42)50-30-57(73(93,94)95)37-58(31-50)74(96,97)98/h1-37H. The zero-order valence-electron chi connectivity index (χ0n) is 49.4. The summed E-state index contributed by atoms with van der Waals surface area (Å²) in [4.78, 5) is 0. The Balaban J connectivity index is 1.17. The second kappa shape index (κ2) is 24.2. The van der Waals surface area contributed by atoms with Gasteiger partial charge in [-0.15, -0.1) is 0 Å². The molecule has 25 heteroatoms. The summed E-state index contributed by atoms with van der Waals surface area (Å²) < 4.78 is 349. The third-order valence-electron chi connectivity index (χ3n) is 16.4. The molecule has 0 fully saturated rings. The lowest BCUT2D eigenvalue weighted by atomic mass is 9.90. The predicted octanol–water partition coefficient (Wildman–Crippen LogP) is 26.3. The predicted molar refractivity (Wildman–Crippen MR) is 324 cm³/mol. The summed E-state index contributed by atoms with van der Waals surface area (Å²) in [7, 11) is 0. The molecular formula is C74H37F24N. The summed E-state index contributed by atoms with van der Waals surface area (Å²) in [5.41, 5.74) is -17.8. The molecule has 11 aromatic carbocycles. The third-order valence-corrected chi connectivity index (χ3v) is 16.4. The highest BCUT2D eigenvalue weighted by molar-refractivity contribution is 6.12. The number of nitrogens with zero attached hydrogens (tertiary/aromatic N) is 1. The fourth-order valence-corrected chi connectivity index (χ4v) is 11.9. The van der Waals surface area contributed by atoms with Gasteiger partial charge in [0.25, 0.3) is 0 Å². The molecule has 0 saturated carbocycles. The van der Waals surface area contributed by atoms with Gasteiger partial charge in [-0.05, 0) is 223 Å². The lowest BCUT2D eigenvalue weighted by Crippen LogP contribution is -2.11. The van der Waals surface area contributed by atoms with E-state index in [1.807, 2.05) is 18.2 Å². The molecule has 0 spiro atoms. The maximum Gasteiger partial charge on any atom is 0.416 e. The van der Waals surface area contributed by atoms with Crippen molar-refractivity contribution in [1.82, 2.24) is 4.57 Å². The van der Waals surface area contributed by atoms with Crippen LogP contribution < -0.4 is 0 Å². The highest BCUT2D eigenvalue weighted by atomic mass is 19.4. The average molecular weight is 1400 g/mol. The van der Waals surface area contributed by atoms with E-state index in [0.29, 0.717) is 22.4 Å². The van der Waals surface area contributed by atoms with Crippen molar-refractivity contribution >= 4 is 21.8 Å². The van der Waals surface area contributed by atoms with Crippen molar-refractivity contribution in [3.05, 3.63) is 269 Å². The van der Waals surface area contributed by atoms with Crippen molar-refractivity contribution in [2.45, 2.75) is 49.4 Å². The lowest BCUT2D eigenvalue weighted by Gasteiger charge is -2.18. The van der Waals surface area contributed by atoms with Gasteiger partial charge in [-0.25, -0.2) is 0 Å². The molecule has 0 aliphatic carbocycles. The molecule has 0 amide bonds. The van der Waals surface area contributed by atoms with E-state index in [-0.39, 0.29) is 117 Å². The smallest absolute Gasteiger partial charge is 0.309 e. The van der Waals surface area contributed by atoms with Crippen molar-refractivity contribution < 1.29 is 105 Å². The molecule has 0 aliphatic heterocycles. The number of rotatable bonds is 9. The van der Waals surface area contributed by atoms with E-state index in [4.69, 9.17) is 0 Å². The number of para-hydroxylation sites is 1. The zero-order chi connectivity index (χ0) is 71.5. The van der Waals surface area contributed by atoms with Crippen molar-refractivity contribution in [1.29, 1.82) is 0 Å². The van der Waals surface area contributed by atoms with Crippen molar-refractivity contribution in [3.63, 3.8) is 0 Å². The van der Waals surface area contributed by atoms with Crippen LogP contribution in [0, 0.1) is 0 Å². The first-order valence-electron chi connectivity index (χ1n) is 28.9. The number of alkyl halides is 24. The first-order valence-corrected chi connectivity index (χ1v) is 28.9. The summed E-state index contributed by atoms with van der Waals surface area (Å²) in [5.74, 6) is 0. The lowest BCUT2D eigenvalue weighted by molar-refractivity contribution is -0.144. The van der Waals surface area contributed by atoms with Gasteiger partial charge in [-0.2, -0.15) is 105 Å². The number of hydrogen-bond donors (Lipinski definition) is 0. The topological polar surface area (TPSA) is 4.93 Å². The van der Waals surface area contributed by atoms with Crippen molar-refractivity contribution in [2.75, 3.05) is 0 Å². The zero-order valence-corrected chi connectivity index (χ0v) is 49.4. The normalized spacial score (nSPS) is 13.1. The van der Waals surface area contributed by atoms with E-state index in [9.17, 15) is 105 Å². The van der Waals surface area contributed by atoms with Crippen LogP contribution in [0.2, 0.25) is 0 Å². The SMILES string of the molecule is FC(F)(F)c1cc(-c2cc(-c3cc(C(F)(F)F)cc(C(F)(F)F)c3)cc(-c3ccc4c(c3)c3cc(-c5cc(-c6cc(C(F)(F)F)cc(C(F)(F)F)c6)cc(-c6cc(C(F)(F)F)cc(C(F)(F)F)c6)c5)ccc3n4-c3ccccc3-c3ccccc3-c3ccccc3)c2)cc(C(F)(F)F)c1. The summed E-state index contributed by atoms with van der Waals surface area (Å²) in [6, 6.07) is 38.3. The Labute approximate surface area is 543 Å². The van der Waals surface area contributed by atoms with Crippen LogP contribution in [-0.4, -0.2) is 4.57 Å². The highest BCUT2D eigenvalue weighted by Gasteiger charge is 2.42. The summed E-state index contributed by atoms with van der Waals surface area (Å²) in [6.45, 7) is 0. The Morgan fingerprint density at radius 1 is 0.172 bits per heavy atom. The van der Waals surface area contributed by atoms with Gasteiger partial charge in [0.1, 0.15) is 0 Å². The highest BCUT2D eigenvalue weighted by Crippen LogP contribution is 2.49. The van der Waals surface area contributed by atoms with Gasteiger partial charge >= 0.3 is 49.4 Å². The molecule has 0 atom stereocenters. The molecule has 506 valence electrons. The average Bonchev–Trinajstić information content (AvgIpc) is 1.59. The number of benzene rings is 11. The molecule has 1 aromatic heterocycles. The minimum atomic E-state index is -5.47. The molecule has 0 bridgehead atoms. The van der Waals surface area contributed by atoms with Crippen LogP contribution in [0.4, 0.5) is 105 Å². The molecule has 12 rings (SSSR count). The molecule has 1 nitrogen and oxygen atoms in total. The van der Waals surface area contributed by atoms with Crippen LogP contribution in [0.1, 0.15) is 44.5 Å². The minimum absolute atomic E-state index is 0.0804. The molecule has 0 radical (unpaired) electrons. The Kier molecular flexibility index (Phi) is 16.8. The van der Waals surface area contributed by atoms with Crippen LogP contribution in [-0.2, 0) is 49.4 Å². The van der Waals surface area contributed by atoms with E-state index in [2.05, 4.69) is 0 Å². The Bertz CT molecular complexity index is 4560. The molecular weight excluding hydrogens is 1360 g/mol. The second-order valence-corrected chi connectivity index (χ2v) is 23.0. The van der Waals surface area contributed by atoms with Crippen molar-refractivity contribution in [3.8, 4) is 94.7 Å². The van der Waals surface area contributed by atoms with Crippen LogP contribution in [0.3, 0.4) is 0 Å². The van der Waals surface area contributed by atoms with Gasteiger partial charge in [-0.1, -0.05) is 84.9 Å². The molecule has 1 heterocycles. The van der Waals surface area contributed by atoms with Gasteiger partial charge in [0.15, 0.2) is 0 Å². The van der Waals surface area contributed by atoms with Gasteiger partial charge in [0.2, 0.25) is 0 Å². The molecule has 12 aromatic rings. The third kappa shape index (κ3) is 14.0. The minimum Gasteiger partial charge on any atom is -0.309 e. The summed E-state index contributed by atoms with van der Waals surface area (Å²) in [6.07, 6.45) is -43.7. The fourth-order valence-electron chi connectivity index (χ4n) is 11.9. The van der Waals surface area contributed by atoms with Gasteiger partial charge < -0.3 is 4.57 Å². The molecule has 0 saturated heterocycles. The van der Waals surface area contributed by atoms with Crippen molar-refractivity contribution in [2.24, 2.45) is 0 Å². The second-order valence-electron chi connectivity index (χ2n) is 23.0. The molecule has 0 unspecified atom stereocenters. The maximum absolute atomic E-state index is 14.5. The van der Waals surface area contributed by atoms with E-state index in [1.165, 1.54) is 36.4 Å². The van der Waals surface area contributed by atoms with E-state index in [1.54, 1.807) is 65.2 Å². The first-order chi connectivity index (χ1) is 46.1.